The van der Waals surface area contributed by atoms with Gasteiger partial charge >= 0.3 is 0 Å². The number of rotatable bonds is 9. The monoisotopic (exact) mass is 354 g/mol. The Bertz CT molecular complexity index is 865. The van der Waals surface area contributed by atoms with Gasteiger partial charge in [0.05, 0.1) is 0 Å². The van der Waals surface area contributed by atoms with Crippen molar-refractivity contribution >= 4 is 22.7 Å². The van der Waals surface area contributed by atoms with E-state index in [0.29, 0.717) is 17.9 Å². The van der Waals surface area contributed by atoms with E-state index in [1.54, 1.807) is 11.3 Å². The first-order chi connectivity index (χ1) is 12.1. The molecule has 130 valence electrons. The highest BCUT2D eigenvalue weighted by Crippen LogP contribution is 2.18. The van der Waals surface area contributed by atoms with Crippen LogP contribution in [-0.4, -0.2) is 12.6 Å². The summed E-state index contributed by atoms with van der Waals surface area (Å²) in [6.45, 7) is 2.70. The molecule has 0 aliphatic rings. The van der Waals surface area contributed by atoms with Crippen LogP contribution >= 0.6 is 11.3 Å². The Morgan fingerprint density at radius 3 is 2.48 bits per heavy atom. The minimum Gasteiger partial charge on any atom is -0.380 e. The third kappa shape index (κ3) is 4.37. The molecule has 0 saturated heterocycles. The zero-order valence-electron chi connectivity index (χ0n) is 14.2. The first-order valence-corrected chi connectivity index (χ1v) is 9.48. The molecular formula is C20H22N2O2S. The highest BCUT2D eigenvalue weighted by atomic mass is 32.1. The molecular weight excluding hydrogens is 332 g/mol. The van der Waals surface area contributed by atoms with Gasteiger partial charge < -0.3 is 10.6 Å². The van der Waals surface area contributed by atoms with Gasteiger partial charge in [-0.2, -0.15) is 11.3 Å². The molecule has 0 amide bonds. The number of benzene rings is 1. The molecule has 0 aliphatic carbocycles. The topological polar surface area (TPSA) is 58.2 Å². The first kappa shape index (κ1) is 17.4. The van der Waals surface area contributed by atoms with Crippen molar-refractivity contribution in [3.05, 3.63) is 78.7 Å². The lowest BCUT2D eigenvalue weighted by Crippen LogP contribution is -2.39. The Labute approximate surface area is 151 Å². The highest BCUT2D eigenvalue weighted by molar-refractivity contribution is 7.07. The van der Waals surface area contributed by atoms with Crippen molar-refractivity contribution in [2.45, 2.75) is 32.2 Å². The lowest BCUT2D eigenvalue weighted by molar-refractivity contribution is 0.788. The summed E-state index contributed by atoms with van der Waals surface area (Å²) in [5.41, 5.74) is 2.56. The maximum Gasteiger partial charge on any atom is 0.253 e. The van der Waals surface area contributed by atoms with Gasteiger partial charge in [0.1, 0.15) is 11.4 Å². The summed E-state index contributed by atoms with van der Waals surface area (Å²) in [6, 6.07) is 12.4. The first-order valence-electron chi connectivity index (χ1n) is 8.54. The van der Waals surface area contributed by atoms with Crippen molar-refractivity contribution in [2.24, 2.45) is 0 Å². The minimum absolute atomic E-state index is 0.0998. The SMILES string of the molecule is C[C@H](Cc1ccsc1)Nc1c(NCCCc2ccccc2)c(=O)c1=O. The molecule has 0 aliphatic heterocycles. The summed E-state index contributed by atoms with van der Waals surface area (Å²) < 4.78 is 0. The predicted molar refractivity (Wildman–Crippen MR) is 106 cm³/mol. The van der Waals surface area contributed by atoms with Crippen LogP contribution in [0.3, 0.4) is 0 Å². The van der Waals surface area contributed by atoms with Gasteiger partial charge in [0.2, 0.25) is 0 Å². The number of nitrogens with one attached hydrogen (secondary N) is 2. The smallest absolute Gasteiger partial charge is 0.253 e. The molecule has 1 aromatic heterocycles. The van der Waals surface area contributed by atoms with E-state index in [0.717, 1.165) is 19.3 Å². The fraction of sp³-hybridized carbons (Fsp3) is 0.300. The quantitative estimate of drug-likeness (QED) is 0.457. The zero-order valence-corrected chi connectivity index (χ0v) is 15.1. The molecule has 0 spiro atoms. The average molecular weight is 354 g/mol. The highest BCUT2D eigenvalue weighted by Gasteiger charge is 2.21. The molecule has 2 N–H and O–H groups in total. The molecule has 3 rings (SSSR count). The van der Waals surface area contributed by atoms with Crippen molar-refractivity contribution in [1.29, 1.82) is 0 Å². The minimum atomic E-state index is -0.414. The Hall–Kier alpha value is -2.40. The molecule has 2 aromatic carbocycles. The standard InChI is InChI=1S/C20H22N2O2S/c1-14(12-16-9-11-25-13-16)22-18-17(19(23)20(18)24)21-10-5-8-15-6-3-2-4-7-15/h2-4,6-7,9,11,13-14,21-22H,5,8,10,12H2,1H3/t14-/m1/s1. The van der Waals surface area contributed by atoms with Crippen LogP contribution < -0.4 is 21.5 Å². The molecule has 0 saturated carbocycles. The van der Waals surface area contributed by atoms with Gasteiger partial charge in [-0.15, -0.1) is 0 Å². The summed E-state index contributed by atoms with van der Waals surface area (Å²) in [7, 11) is 0. The Kier molecular flexibility index (Phi) is 5.66. The van der Waals surface area contributed by atoms with Gasteiger partial charge in [0.15, 0.2) is 0 Å². The van der Waals surface area contributed by atoms with Gasteiger partial charge in [-0.3, -0.25) is 9.59 Å². The van der Waals surface area contributed by atoms with Crippen LogP contribution in [0, 0.1) is 0 Å². The van der Waals surface area contributed by atoms with Crippen LogP contribution in [0.4, 0.5) is 11.4 Å². The summed E-state index contributed by atoms with van der Waals surface area (Å²) in [4.78, 5) is 23.7. The van der Waals surface area contributed by atoms with E-state index in [9.17, 15) is 9.59 Å². The van der Waals surface area contributed by atoms with Crippen molar-refractivity contribution in [3.8, 4) is 0 Å². The number of hydrogen-bond donors (Lipinski definition) is 2. The maximum absolute atomic E-state index is 11.9. The van der Waals surface area contributed by atoms with Crippen molar-refractivity contribution in [3.63, 3.8) is 0 Å². The summed E-state index contributed by atoms with van der Waals surface area (Å²) in [5, 5.41) is 10.5. The maximum atomic E-state index is 11.9. The predicted octanol–water partition coefficient (Wildman–Crippen LogP) is 3.43. The molecule has 4 nitrogen and oxygen atoms in total. The van der Waals surface area contributed by atoms with Crippen LogP contribution in [0.25, 0.3) is 0 Å². The number of hydrogen-bond acceptors (Lipinski definition) is 5. The second-order valence-corrected chi connectivity index (χ2v) is 7.09. The van der Waals surface area contributed by atoms with Crippen LogP contribution in [-0.2, 0) is 12.8 Å². The Morgan fingerprint density at radius 1 is 1.00 bits per heavy atom. The molecule has 0 bridgehead atoms. The molecule has 3 aromatic rings. The normalized spacial score (nSPS) is 12.2. The van der Waals surface area contributed by atoms with Crippen molar-refractivity contribution < 1.29 is 0 Å². The molecule has 5 heteroatoms. The second-order valence-electron chi connectivity index (χ2n) is 6.31. The fourth-order valence-electron chi connectivity index (χ4n) is 2.91. The van der Waals surface area contributed by atoms with Crippen molar-refractivity contribution in [2.75, 3.05) is 17.2 Å². The molecule has 0 fully saturated rings. The van der Waals surface area contributed by atoms with Gasteiger partial charge in [-0.25, -0.2) is 0 Å². The van der Waals surface area contributed by atoms with Gasteiger partial charge in [0, 0.05) is 12.6 Å². The van der Waals surface area contributed by atoms with Crippen LogP contribution in [0.5, 0.6) is 0 Å². The van der Waals surface area contributed by atoms with Gasteiger partial charge in [-0.1, -0.05) is 30.3 Å². The molecule has 25 heavy (non-hydrogen) atoms. The van der Waals surface area contributed by atoms with Crippen LogP contribution in [0.1, 0.15) is 24.5 Å². The molecule has 1 atom stereocenters. The van der Waals surface area contributed by atoms with E-state index < -0.39 is 10.9 Å². The summed E-state index contributed by atoms with van der Waals surface area (Å²) in [6.07, 6.45) is 2.68. The Balaban J connectivity index is 1.51. The van der Waals surface area contributed by atoms with Crippen molar-refractivity contribution in [1.82, 2.24) is 0 Å². The molecule has 0 radical (unpaired) electrons. The second kappa shape index (κ2) is 8.12. The lowest BCUT2D eigenvalue weighted by atomic mass is 10.1. The van der Waals surface area contributed by atoms with E-state index in [2.05, 4.69) is 34.2 Å². The fourth-order valence-corrected chi connectivity index (χ4v) is 3.59. The molecule has 0 unspecified atom stereocenters. The van der Waals surface area contributed by atoms with E-state index in [4.69, 9.17) is 0 Å². The van der Waals surface area contributed by atoms with E-state index >= 15 is 0 Å². The van der Waals surface area contributed by atoms with E-state index in [1.807, 2.05) is 30.5 Å². The Morgan fingerprint density at radius 2 is 1.76 bits per heavy atom. The third-order valence-corrected chi connectivity index (χ3v) is 4.94. The molecule has 1 heterocycles. The van der Waals surface area contributed by atoms with Crippen LogP contribution in [0.15, 0.2) is 56.7 Å². The number of anilines is 2. The van der Waals surface area contributed by atoms with E-state index in [1.165, 1.54) is 11.1 Å². The van der Waals surface area contributed by atoms with Gasteiger partial charge in [-0.05, 0) is 54.1 Å². The lowest BCUT2D eigenvalue weighted by Gasteiger charge is -2.19. The summed E-state index contributed by atoms with van der Waals surface area (Å²) >= 11 is 1.66. The zero-order chi connectivity index (χ0) is 17.6. The third-order valence-electron chi connectivity index (χ3n) is 4.21. The largest absolute Gasteiger partial charge is 0.380 e. The summed E-state index contributed by atoms with van der Waals surface area (Å²) in [5.74, 6) is 0. The van der Waals surface area contributed by atoms with Gasteiger partial charge in [0.25, 0.3) is 10.9 Å². The average Bonchev–Trinajstić information content (AvgIpc) is 3.13. The number of aryl methyl sites for hydroxylation is 1. The van der Waals surface area contributed by atoms with E-state index in [-0.39, 0.29) is 6.04 Å². The number of thiophene rings is 1. The van der Waals surface area contributed by atoms with Crippen LogP contribution in [0.2, 0.25) is 0 Å².